The number of aromatic amines is 1. The fourth-order valence-electron chi connectivity index (χ4n) is 3.59. The third-order valence-electron chi connectivity index (χ3n) is 4.85. The van der Waals surface area contributed by atoms with Gasteiger partial charge < -0.3 is 4.74 Å². The van der Waals surface area contributed by atoms with Crippen molar-refractivity contribution in [2.45, 2.75) is 18.2 Å². The fourth-order valence-corrected chi connectivity index (χ4v) is 4.18. The van der Waals surface area contributed by atoms with Crippen molar-refractivity contribution in [2.24, 2.45) is 0 Å². The number of fused-ring (bicyclic) bond motifs is 3. The number of carbonyl (C=O) groups is 1. The Hall–Kier alpha value is -3.39. The van der Waals surface area contributed by atoms with E-state index in [0.29, 0.717) is 33.6 Å². The first kappa shape index (κ1) is 19.9. The molecule has 0 fully saturated rings. The van der Waals surface area contributed by atoms with Crippen LogP contribution in [0.5, 0.6) is 5.75 Å². The van der Waals surface area contributed by atoms with Gasteiger partial charge in [0, 0.05) is 23.3 Å². The van der Waals surface area contributed by atoms with Gasteiger partial charge in [0.05, 0.1) is 18.4 Å². The maximum absolute atomic E-state index is 13.1. The van der Waals surface area contributed by atoms with Crippen molar-refractivity contribution >= 4 is 23.4 Å². The number of para-hydroxylation sites is 1. The Morgan fingerprint density at radius 1 is 1.30 bits per heavy atom. The van der Waals surface area contributed by atoms with Gasteiger partial charge in [-0.25, -0.2) is 4.90 Å². The number of nitrogens with one attached hydrogen (secondary N) is 1. The number of anilines is 1. The highest BCUT2D eigenvalue weighted by Gasteiger charge is 2.44. The quantitative estimate of drug-likeness (QED) is 0.389. The zero-order chi connectivity index (χ0) is 21.3. The van der Waals surface area contributed by atoms with E-state index in [4.69, 9.17) is 9.84 Å². The smallest absolute Gasteiger partial charge is 0.325 e. The van der Waals surface area contributed by atoms with Crippen LogP contribution in [0.4, 0.5) is 5.69 Å². The molecule has 1 N–H and O–H groups in total. The monoisotopic (exact) mass is 421 g/mol. The van der Waals surface area contributed by atoms with E-state index in [1.165, 1.54) is 18.7 Å². The first-order valence-corrected chi connectivity index (χ1v) is 10.4. The molecule has 4 rings (SSSR count). The van der Waals surface area contributed by atoms with E-state index in [2.05, 4.69) is 11.6 Å². The van der Waals surface area contributed by atoms with Crippen molar-refractivity contribution in [3.05, 3.63) is 77.1 Å². The molecule has 3 aromatic rings. The predicted molar refractivity (Wildman–Crippen MR) is 116 cm³/mol. The van der Waals surface area contributed by atoms with Crippen LogP contribution in [0.1, 0.15) is 18.7 Å². The van der Waals surface area contributed by atoms with Crippen LogP contribution in [0.25, 0.3) is 11.3 Å². The van der Waals surface area contributed by atoms with E-state index in [9.17, 15) is 9.59 Å². The van der Waals surface area contributed by atoms with Crippen LogP contribution >= 0.6 is 11.8 Å². The highest BCUT2D eigenvalue weighted by Crippen LogP contribution is 2.37. The van der Waals surface area contributed by atoms with Crippen molar-refractivity contribution < 1.29 is 14.2 Å². The Kier molecular flexibility index (Phi) is 5.41. The fraction of sp³-hybridized carbons (Fsp3) is 0.182. The third kappa shape index (κ3) is 3.39. The SMILES string of the molecule is C=CCSc1n[n+]2c(c(=O)[nH]1)-c1ccccc1N(C(C)=O)[C@H]2c1ccc(OC)cc1. The summed E-state index contributed by atoms with van der Waals surface area (Å²) in [5, 5.41) is 5.16. The predicted octanol–water partition coefficient (Wildman–Crippen LogP) is 2.92. The molecule has 0 unspecified atom stereocenters. The van der Waals surface area contributed by atoms with Crippen molar-refractivity contribution in [1.29, 1.82) is 0 Å². The number of thioether (sulfide) groups is 1. The largest absolute Gasteiger partial charge is 0.497 e. The lowest BCUT2D eigenvalue weighted by Crippen LogP contribution is -2.60. The Labute approximate surface area is 178 Å². The average Bonchev–Trinajstić information content (AvgIpc) is 2.76. The number of carbonyl (C=O) groups excluding carboxylic acids is 1. The van der Waals surface area contributed by atoms with E-state index in [-0.39, 0.29) is 11.5 Å². The van der Waals surface area contributed by atoms with Gasteiger partial charge in [-0.3, -0.25) is 14.6 Å². The minimum atomic E-state index is -0.608. The molecule has 0 bridgehead atoms. The number of amides is 1. The summed E-state index contributed by atoms with van der Waals surface area (Å²) in [6, 6.07) is 14.8. The van der Waals surface area contributed by atoms with Crippen LogP contribution in [-0.4, -0.2) is 28.9 Å². The van der Waals surface area contributed by atoms with E-state index < -0.39 is 6.17 Å². The van der Waals surface area contributed by atoms with Gasteiger partial charge in [-0.2, -0.15) is 0 Å². The van der Waals surface area contributed by atoms with Crippen LogP contribution in [-0.2, 0) is 4.79 Å². The molecule has 7 nitrogen and oxygen atoms in total. The molecular formula is C22H21N4O3S+. The molecule has 0 aliphatic carbocycles. The standard InChI is InChI=1S/C22H20N4O3S/c1-4-13-30-22-23-20(28)19-17-7-5-6-8-18(17)25(14(2)27)21(26(19)24-22)15-9-11-16(29-3)12-10-15/h4-12,21H,1,13H2,2-3H3/p+1/t21-/m1/s1. The molecule has 1 atom stereocenters. The van der Waals surface area contributed by atoms with Gasteiger partial charge in [0.2, 0.25) is 11.1 Å². The maximum atomic E-state index is 13.1. The number of benzene rings is 2. The number of H-pyrrole nitrogens is 1. The summed E-state index contributed by atoms with van der Waals surface area (Å²) in [6.45, 7) is 5.23. The summed E-state index contributed by atoms with van der Waals surface area (Å²) < 4.78 is 6.90. The first-order chi connectivity index (χ1) is 14.5. The number of hydrogen-bond acceptors (Lipinski definition) is 5. The number of aromatic nitrogens is 3. The van der Waals surface area contributed by atoms with Crippen molar-refractivity contribution in [3.8, 4) is 17.0 Å². The normalized spacial score (nSPS) is 14.6. The number of hydrogen-bond donors (Lipinski definition) is 1. The topological polar surface area (TPSA) is 79.2 Å². The highest BCUT2D eigenvalue weighted by atomic mass is 32.2. The lowest BCUT2D eigenvalue weighted by atomic mass is 10.0. The molecule has 0 spiro atoms. The van der Waals surface area contributed by atoms with Crippen molar-refractivity contribution in [2.75, 3.05) is 17.8 Å². The van der Waals surface area contributed by atoms with E-state index >= 15 is 0 Å². The second-order valence-electron chi connectivity index (χ2n) is 6.71. The minimum absolute atomic E-state index is 0.149. The van der Waals surface area contributed by atoms with Crippen LogP contribution in [0, 0.1) is 0 Å². The molecule has 1 aromatic heterocycles. The zero-order valence-electron chi connectivity index (χ0n) is 16.7. The van der Waals surface area contributed by atoms with Gasteiger partial charge in [0.1, 0.15) is 5.75 Å². The number of methoxy groups -OCH3 is 1. The summed E-state index contributed by atoms with van der Waals surface area (Å²) >= 11 is 1.37. The van der Waals surface area contributed by atoms with Gasteiger partial charge in [0.25, 0.3) is 6.17 Å². The zero-order valence-corrected chi connectivity index (χ0v) is 17.5. The summed E-state index contributed by atoms with van der Waals surface area (Å²) in [4.78, 5) is 30.4. The van der Waals surface area contributed by atoms with E-state index in [1.807, 2.05) is 48.5 Å². The second-order valence-corrected chi connectivity index (χ2v) is 7.71. The molecule has 8 heteroatoms. The average molecular weight is 422 g/mol. The lowest BCUT2D eigenvalue weighted by Gasteiger charge is -2.31. The van der Waals surface area contributed by atoms with Crippen molar-refractivity contribution in [3.63, 3.8) is 0 Å². The molecule has 0 radical (unpaired) electrons. The molecule has 30 heavy (non-hydrogen) atoms. The molecule has 0 saturated heterocycles. The molecular weight excluding hydrogens is 400 g/mol. The second kappa shape index (κ2) is 8.16. The lowest BCUT2D eigenvalue weighted by molar-refractivity contribution is -0.763. The van der Waals surface area contributed by atoms with E-state index in [1.54, 1.807) is 22.8 Å². The first-order valence-electron chi connectivity index (χ1n) is 9.38. The summed E-state index contributed by atoms with van der Waals surface area (Å²) in [5.74, 6) is 1.15. The number of rotatable bonds is 5. The molecule has 1 aliphatic heterocycles. The van der Waals surface area contributed by atoms with Gasteiger partial charge in [-0.15, -0.1) is 6.58 Å². The molecule has 1 amide bonds. The van der Waals surface area contributed by atoms with Gasteiger partial charge in [-0.05, 0) is 41.1 Å². The van der Waals surface area contributed by atoms with Gasteiger partial charge >= 0.3 is 11.3 Å². The maximum Gasteiger partial charge on any atom is 0.325 e. The molecule has 2 aromatic carbocycles. The number of ether oxygens (including phenoxy) is 1. The minimum Gasteiger partial charge on any atom is -0.497 e. The Morgan fingerprint density at radius 3 is 2.70 bits per heavy atom. The molecule has 1 aliphatic rings. The van der Waals surface area contributed by atoms with Crippen molar-refractivity contribution in [1.82, 2.24) is 10.1 Å². The molecule has 2 heterocycles. The highest BCUT2D eigenvalue weighted by molar-refractivity contribution is 7.99. The number of nitrogens with zero attached hydrogens (tertiary/aromatic N) is 3. The van der Waals surface area contributed by atoms with Gasteiger partial charge in [-0.1, -0.05) is 30.0 Å². The summed E-state index contributed by atoms with van der Waals surface area (Å²) in [6.07, 6.45) is 1.14. The summed E-state index contributed by atoms with van der Waals surface area (Å²) in [7, 11) is 1.60. The molecule has 152 valence electrons. The Bertz CT molecular complexity index is 1170. The summed E-state index contributed by atoms with van der Waals surface area (Å²) in [5.41, 5.74) is 2.29. The van der Waals surface area contributed by atoms with Crippen LogP contribution in [0.2, 0.25) is 0 Å². The Morgan fingerprint density at radius 2 is 2.03 bits per heavy atom. The van der Waals surface area contributed by atoms with Gasteiger partial charge in [0.15, 0.2) is 0 Å². The third-order valence-corrected chi connectivity index (χ3v) is 5.71. The van der Waals surface area contributed by atoms with Crippen LogP contribution < -0.4 is 19.9 Å². The molecule has 0 saturated carbocycles. The van der Waals surface area contributed by atoms with E-state index in [0.717, 1.165) is 5.56 Å². The van der Waals surface area contributed by atoms with Crippen LogP contribution in [0.15, 0.2) is 71.1 Å². The Balaban J connectivity index is 2.00. The van der Waals surface area contributed by atoms with Crippen LogP contribution in [0.3, 0.4) is 0 Å².